The molecule has 0 saturated heterocycles. The van der Waals surface area contributed by atoms with Gasteiger partial charge in [0.2, 0.25) is 11.8 Å². The van der Waals surface area contributed by atoms with E-state index in [-0.39, 0.29) is 18.4 Å². The molecule has 0 aliphatic rings. The molecule has 0 radical (unpaired) electrons. The smallest absolute Gasteiger partial charge is 0.239 e. The molecule has 1 aromatic carbocycles. The SMILES string of the molecule is C[C@@H](N)C(=O)NCC(=O)NCc1ccccc1. The topological polar surface area (TPSA) is 84.2 Å². The first-order valence-electron chi connectivity index (χ1n) is 5.43. The van der Waals surface area contributed by atoms with E-state index in [9.17, 15) is 9.59 Å². The molecule has 0 aromatic heterocycles. The lowest BCUT2D eigenvalue weighted by atomic mass is 10.2. The zero-order chi connectivity index (χ0) is 12.7. The highest BCUT2D eigenvalue weighted by Crippen LogP contribution is 1.96. The van der Waals surface area contributed by atoms with Gasteiger partial charge in [-0.2, -0.15) is 0 Å². The number of nitrogens with one attached hydrogen (secondary N) is 2. The maximum Gasteiger partial charge on any atom is 0.239 e. The summed E-state index contributed by atoms with van der Waals surface area (Å²) in [6.45, 7) is 1.97. The molecular weight excluding hydrogens is 218 g/mol. The molecule has 1 rings (SSSR count). The van der Waals surface area contributed by atoms with Crippen LogP contribution in [0.1, 0.15) is 12.5 Å². The minimum absolute atomic E-state index is 0.0484. The van der Waals surface area contributed by atoms with Gasteiger partial charge in [0.1, 0.15) is 0 Å². The second kappa shape index (κ2) is 6.65. The Labute approximate surface area is 100 Å². The van der Waals surface area contributed by atoms with Crippen LogP contribution in [0.15, 0.2) is 30.3 Å². The fourth-order valence-corrected chi connectivity index (χ4v) is 1.19. The highest BCUT2D eigenvalue weighted by atomic mass is 16.2. The summed E-state index contributed by atoms with van der Waals surface area (Å²) in [6, 6.07) is 8.95. The van der Waals surface area contributed by atoms with Gasteiger partial charge in [-0.05, 0) is 12.5 Å². The minimum Gasteiger partial charge on any atom is -0.350 e. The van der Waals surface area contributed by atoms with Crippen molar-refractivity contribution in [2.75, 3.05) is 6.54 Å². The summed E-state index contributed by atoms with van der Waals surface area (Å²) in [5.74, 6) is -0.567. The zero-order valence-electron chi connectivity index (χ0n) is 9.77. The van der Waals surface area contributed by atoms with E-state index in [0.29, 0.717) is 6.54 Å². The van der Waals surface area contributed by atoms with Crippen LogP contribution in [0, 0.1) is 0 Å². The van der Waals surface area contributed by atoms with Crippen molar-refractivity contribution in [3.8, 4) is 0 Å². The van der Waals surface area contributed by atoms with E-state index < -0.39 is 6.04 Å². The van der Waals surface area contributed by atoms with Gasteiger partial charge in [-0.3, -0.25) is 9.59 Å². The molecule has 5 heteroatoms. The molecular formula is C12H17N3O2. The maximum atomic E-state index is 11.4. The molecule has 0 fully saturated rings. The van der Waals surface area contributed by atoms with Crippen LogP contribution >= 0.6 is 0 Å². The van der Waals surface area contributed by atoms with E-state index in [0.717, 1.165) is 5.56 Å². The summed E-state index contributed by atoms with van der Waals surface area (Å²) in [5.41, 5.74) is 6.36. The lowest BCUT2D eigenvalue weighted by Crippen LogP contribution is -2.43. The monoisotopic (exact) mass is 235 g/mol. The summed E-state index contributed by atoms with van der Waals surface area (Å²) in [7, 11) is 0. The maximum absolute atomic E-state index is 11.4. The number of hydrogen-bond donors (Lipinski definition) is 3. The van der Waals surface area contributed by atoms with E-state index in [1.807, 2.05) is 30.3 Å². The van der Waals surface area contributed by atoms with Gasteiger partial charge in [0.25, 0.3) is 0 Å². The Bertz CT molecular complexity index is 377. The Kier molecular flexibility index (Phi) is 5.16. The van der Waals surface area contributed by atoms with Crippen molar-refractivity contribution < 1.29 is 9.59 Å². The lowest BCUT2D eigenvalue weighted by Gasteiger charge is -2.08. The molecule has 1 aromatic rings. The quantitative estimate of drug-likeness (QED) is 0.659. The predicted octanol–water partition coefficient (Wildman–Crippen LogP) is -0.234. The van der Waals surface area contributed by atoms with Crippen LogP contribution < -0.4 is 16.4 Å². The number of amides is 2. The van der Waals surface area contributed by atoms with Crippen molar-refractivity contribution >= 4 is 11.8 Å². The fourth-order valence-electron chi connectivity index (χ4n) is 1.19. The van der Waals surface area contributed by atoms with E-state index in [2.05, 4.69) is 10.6 Å². The number of benzene rings is 1. The molecule has 17 heavy (non-hydrogen) atoms. The standard InChI is InChI=1S/C12H17N3O2/c1-9(13)12(17)15-8-11(16)14-7-10-5-3-2-4-6-10/h2-6,9H,7-8,13H2,1H3,(H,14,16)(H,15,17)/t9-/m1/s1. The first-order valence-corrected chi connectivity index (χ1v) is 5.43. The number of nitrogens with two attached hydrogens (primary N) is 1. The first kappa shape index (κ1) is 13.2. The molecule has 2 amide bonds. The van der Waals surface area contributed by atoms with Crippen LogP contribution in [0.25, 0.3) is 0 Å². The molecule has 0 bridgehead atoms. The third-order valence-electron chi connectivity index (χ3n) is 2.17. The highest BCUT2D eigenvalue weighted by molar-refractivity contribution is 5.86. The van der Waals surface area contributed by atoms with E-state index in [1.54, 1.807) is 6.92 Å². The third-order valence-corrected chi connectivity index (χ3v) is 2.17. The van der Waals surface area contributed by atoms with Crippen molar-refractivity contribution in [3.05, 3.63) is 35.9 Å². The van der Waals surface area contributed by atoms with Crippen LogP contribution in [-0.2, 0) is 16.1 Å². The van der Waals surface area contributed by atoms with E-state index in [1.165, 1.54) is 0 Å². The molecule has 92 valence electrons. The van der Waals surface area contributed by atoms with Crippen LogP contribution in [0.5, 0.6) is 0 Å². The summed E-state index contributed by atoms with van der Waals surface area (Å²) in [5, 5.41) is 5.14. The Morgan fingerprint density at radius 1 is 1.24 bits per heavy atom. The molecule has 0 spiro atoms. The minimum atomic E-state index is -0.600. The summed E-state index contributed by atoms with van der Waals surface area (Å²) < 4.78 is 0. The van der Waals surface area contributed by atoms with Crippen molar-refractivity contribution in [2.45, 2.75) is 19.5 Å². The van der Waals surface area contributed by atoms with Gasteiger partial charge in [0.15, 0.2) is 0 Å². The van der Waals surface area contributed by atoms with Crippen molar-refractivity contribution in [3.63, 3.8) is 0 Å². The fraction of sp³-hybridized carbons (Fsp3) is 0.333. The number of carbonyl (C=O) groups excluding carboxylic acids is 2. The predicted molar refractivity (Wildman–Crippen MR) is 64.9 cm³/mol. The van der Waals surface area contributed by atoms with Gasteiger partial charge in [-0.1, -0.05) is 30.3 Å². The summed E-state index contributed by atoms with van der Waals surface area (Å²) in [4.78, 5) is 22.5. The third kappa shape index (κ3) is 5.12. The second-order valence-electron chi connectivity index (χ2n) is 3.77. The molecule has 4 N–H and O–H groups in total. The Balaban J connectivity index is 2.24. The van der Waals surface area contributed by atoms with Crippen LogP contribution in [0.3, 0.4) is 0 Å². The Morgan fingerprint density at radius 3 is 2.47 bits per heavy atom. The Morgan fingerprint density at radius 2 is 1.88 bits per heavy atom. The van der Waals surface area contributed by atoms with Gasteiger partial charge in [-0.25, -0.2) is 0 Å². The van der Waals surface area contributed by atoms with Crippen LogP contribution in [0.2, 0.25) is 0 Å². The van der Waals surface area contributed by atoms with Gasteiger partial charge in [0.05, 0.1) is 12.6 Å². The average molecular weight is 235 g/mol. The molecule has 5 nitrogen and oxygen atoms in total. The first-order chi connectivity index (χ1) is 8.09. The number of hydrogen-bond acceptors (Lipinski definition) is 3. The lowest BCUT2D eigenvalue weighted by molar-refractivity contribution is -0.126. The van der Waals surface area contributed by atoms with E-state index in [4.69, 9.17) is 5.73 Å². The van der Waals surface area contributed by atoms with Crippen molar-refractivity contribution in [1.29, 1.82) is 0 Å². The molecule has 0 unspecified atom stereocenters. The number of rotatable bonds is 5. The van der Waals surface area contributed by atoms with E-state index >= 15 is 0 Å². The molecule has 1 atom stereocenters. The van der Waals surface area contributed by atoms with Crippen molar-refractivity contribution in [1.82, 2.24) is 10.6 Å². The molecule has 0 aliphatic carbocycles. The normalized spacial score (nSPS) is 11.6. The highest BCUT2D eigenvalue weighted by Gasteiger charge is 2.08. The molecule has 0 saturated carbocycles. The van der Waals surface area contributed by atoms with Gasteiger partial charge < -0.3 is 16.4 Å². The largest absolute Gasteiger partial charge is 0.350 e. The molecule has 0 aliphatic heterocycles. The van der Waals surface area contributed by atoms with Crippen LogP contribution in [0.4, 0.5) is 0 Å². The summed E-state index contributed by atoms with van der Waals surface area (Å²) in [6.07, 6.45) is 0. The van der Waals surface area contributed by atoms with Crippen molar-refractivity contribution in [2.24, 2.45) is 5.73 Å². The van der Waals surface area contributed by atoms with Gasteiger partial charge in [-0.15, -0.1) is 0 Å². The van der Waals surface area contributed by atoms with Gasteiger partial charge in [0, 0.05) is 6.54 Å². The summed E-state index contributed by atoms with van der Waals surface area (Å²) >= 11 is 0. The molecule has 0 heterocycles. The average Bonchev–Trinajstić information content (AvgIpc) is 2.34. The van der Waals surface area contributed by atoms with Gasteiger partial charge >= 0.3 is 0 Å². The number of carbonyl (C=O) groups is 2. The second-order valence-corrected chi connectivity index (χ2v) is 3.77. The zero-order valence-corrected chi connectivity index (χ0v) is 9.77. The van der Waals surface area contributed by atoms with Crippen LogP contribution in [-0.4, -0.2) is 24.4 Å². The Hall–Kier alpha value is -1.88.